The maximum absolute atomic E-state index is 10.7. The Bertz CT molecular complexity index is 471. The minimum atomic E-state index is 0.566. The number of carbonyl (C=O) groups is 1. The molecule has 0 aliphatic heterocycles. The van der Waals surface area contributed by atoms with Crippen LogP contribution in [0.25, 0.3) is 10.9 Å². The van der Waals surface area contributed by atoms with Crippen molar-refractivity contribution in [3.05, 3.63) is 29.0 Å². The van der Waals surface area contributed by atoms with E-state index in [4.69, 9.17) is 0 Å². The molecular weight excluding hydrogens is 164 g/mol. The van der Waals surface area contributed by atoms with E-state index in [0.717, 1.165) is 28.3 Å². The third kappa shape index (κ3) is 1.04. The van der Waals surface area contributed by atoms with Crippen LogP contribution in [-0.2, 0) is 0 Å². The summed E-state index contributed by atoms with van der Waals surface area (Å²) in [6.07, 6.45) is 0.807. The second-order valence-electron chi connectivity index (χ2n) is 3.18. The highest BCUT2D eigenvalue weighted by atomic mass is 16.1. The number of hydrogen-bond acceptors (Lipinski definition) is 2. The first-order valence-corrected chi connectivity index (χ1v) is 4.13. The zero-order valence-electron chi connectivity index (χ0n) is 7.59. The number of aryl methyl sites for hydroxylation is 2. The highest BCUT2D eigenvalue weighted by Crippen LogP contribution is 2.21. The quantitative estimate of drug-likeness (QED) is 0.672. The fourth-order valence-corrected chi connectivity index (χ4v) is 1.54. The van der Waals surface area contributed by atoms with Gasteiger partial charge in [-0.2, -0.15) is 5.10 Å². The van der Waals surface area contributed by atoms with E-state index in [2.05, 4.69) is 10.2 Å². The molecule has 0 radical (unpaired) electrons. The summed E-state index contributed by atoms with van der Waals surface area (Å²) in [7, 11) is 0. The summed E-state index contributed by atoms with van der Waals surface area (Å²) in [5.74, 6) is 0. The maximum atomic E-state index is 10.7. The van der Waals surface area contributed by atoms with Gasteiger partial charge in [0.15, 0.2) is 6.29 Å². The van der Waals surface area contributed by atoms with Gasteiger partial charge in [0.25, 0.3) is 0 Å². The minimum Gasteiger partial charge on any atom is -0.296 e. The molecule has 0 aliphatic carbocycles. The van der Waals surface area contributed by atoms with Crippen LogP contribution in [0, 0.1) is 13.8 Å². The van der Waals surface area contributed by atoms with Crippen LogP contribution < -0.4 is 0 Å². The molecule has 0 aliphatic rings. The number of carbonyl (C=O) groups excluding carboxylic acids is 1. The number of aldehydes is 1. The van der Waals surface area contributed by atoms with Gasteiger partial charge < -0.3 is 0 Å². The lowest BCUT2D eigenvalue weighted by Crippen LogP contribution is -1.83. The number of rotatable bonds is 1. The number of fused-ring (bicyclic) bond motifs is 1. The molecule has 1 aromatic heterocycles. The highest BCUT2D eigenvalue weighted by Gasteiger charge is 2.08. The third-order valence-electron chi connectivity index (χ3n) is 2.26. The second-order valence-corrected chi connectivity index (χ2v) is 3.18. The number of aromatic nitrogens is 2. The van der Waals surface area contributed by atoms with Gasteiger partial charge in [-0.05, 0) is 25.0 Å². The zero-order valence-corrected chi connectivity index (χ0v) is 7.59. The molecule has 0 amide bonds. The summed E-state index contributed by atoms with van der Waals surface area (Å²) in [4.78, 5) is 10.7. The summed E-state index contributed by atoms with van der Waals surface area (Å²) in [6, 6.07) is 4.01. The lowest BCUT2D eigenvalue weighted by Gasteiger charge is -1.97. The third-order valence-corrected chi connectivity index (χ3v) is 2.26. The van der Waals surface area contributed by atoms with E-state index in [-0.39, 0.29) is 0 Å². The average molecular weight is 174 g/mol. The van der Waals surface area contributed by atoms with Gasteiger partial charge in [0, 0.05) is 5.39 Å². The van der Waals surface area contributed by atoms with Gasteiger partial charge in [-0.15, -0.1) is 0 Å². The Labute approximate surface area is 75.8 Å². The van der Waals surface area contributed by atoms with Gasteiger partial charge in [0.1, 0.15) is 5.69 Å². The highest BCUT2D eigenvalue weighted by molar-refractivity contribution is 5.98. The van der Waals surface area contributed by atoms with Gasteiger partial charge in [-0.1, -0.05) is 12.1 Å². The molecule has 0 unspecified atom stereocenters. The fourth-order valence-electron chi connectivity index (χ4n) is 1.54. The molecule has 0 bridgehead atoms. The molecule has 3 nitrogen and oxygen atoms in total. The Hall–Kier alpha value is -1.64. The molecule has 0 fully saturated rings. The molecule has 3 heteroatoms. The topological polar surface area (TPSA) is 45.8 Å². The van der Waals surface area contributed by atoms with Crippen LogP contribution in [0.15, 0.2) is 12.1 Å². The van der Waals surface area contributed by atoms with Gasteiger partial charge in [0.2, 0.25) is 0 Å². The second kappa shape index (κ2) is 2.69. The van der Waals surface area contributed by atoms with Crippen LogP contribution >= 0.6 is 0 Å². The van der Waals surface area contributed by atoms with Crippen molar-refractivity contribution in [2.75, 3.05) is 0 Å². The molecule has 1 heterocycles. The largest absolute Gasteiger partial charge is 0.296 e. The van der Waals surface area contributed by atoms with Crippen molar-refractivity contribution >= 4 is 17.2 Å². The molecular formula is C10H10N2O. The molecule has 0 atom stereocenters. The average Bonchev–Trinajstić information content (AvgIpc) is 2.56. The molecule has 0 saturated heterocycles. The zero-order chi connectivity index (χ0) is 9.42. The van der Waals surface area contributed by atoms with Crippen molar-refractivity contribution < 1.29 is 4.79 Å². The van der Waals surface area contributed by atoms with Crippen LogP contribution in [-0.4, -0.2) is 16.5 Å². The Balaban J connectivity index is 2.95. The van der Waals surface area contributed by atoms with Gasteiger partial charge in [-0.25, -0.2) is 0 Å². The van der Waals surface area contributed by atoms with Crippen LogP contribution in [0.4, 0.5) is 0 Å². The first kappa shape index (κ1) is 7.98. The number of aromatic amines is 1. The maximum Gasteiger partial charge on any atom is 0.168 e. The van der Waals surface area contributed by atoms with Crippen molar-refractivity contribution in [2.24, 2.45) is 0 Å². The van der Waals surface area contributed by atoms with Gasteiger partial charge >= 0.3 is 0 Å². The first-order valence-electron chi connectivity index (χ1n) is 4.13. The number of hydrogen-bond donors (Lipinski definition) is 1. The summed E-state index contributed by atoms with van der Waals surface area (Å²) >= 11 is 0. The molecule has 0 spiro atoms. The summed E-state index contributed by atoms with van der Waals surface area (Å²) < 4.78 is 0. The standard InChI is InChI=1S/C10H10N2O/c1-6-3-4-7(2)10-9(6)8(5-13)11-12-10/h3-5H,1-2H3,(H,11,12). The summed E-state index contributed by atoms with van der Waals surface area (Å²) in [6.45, 7) is 3.96. The van der Waals surface area contributed by atoms with Crippen molar-refractivity contribution in [1.82, 2.24) is 10.2 Å². The van der Waals surface area contributed by atoms with Crippen molar-refractivity contribution in [3.8, 4) is 0 Å². The van der Waals surface area contributed by atoms with Crippen LogP contribution in [0.1, 0.15) is 21.6 Å². The summed E-state index contributed by atoms with van der Waals surface area (Å²) in [5, 5.41) is 7.76. The van der Waals surface area contributed by atoms with Gasteiger partial charge in [0.05, 0.1) is 5.52 Å². The molecule has 66 valence electrons. The van der Waals surface area contributed by atoms with Crippen LogP contribution in [0.5, 0.6) is 0 Å². The monoisotopic (exact) mass is 174 g/mol. The minimum absolute atomic E-state index is 0.566. The molecule has 2 aromatic rings. The van der Waals surface area contributed by atoms with E-state index in [1.807, 2.05) is 26.0 Å². The van der Waals surface area contributed by atoms with E-state index in [9.17, 15) is 4.79 Å². The van der Waals surface area contributed by atoms with E-state index >= 15 is 0 Å². The molecule has 2 rings (SSSR count). The molecule has 1 aromatic carbocycles. The van der Waals surface area contributed by atoms with Crippen LogP contribution in [0.2, 0.25) is 0 Å². The smallest absolute Gasteiger partial charge is 0.168 e. The number of benzene rings is 1. The Morgan fingerprint density at radius 2 is 2.00 bits per heavy atom. The Kier molecular flexibility index (Phi) is 1.65. The van der Waals surface area contributed by atoms with Crippen molar-refractivity contribution in [1.29, 1.82) is 0 Å². The molecule has 0 saturated carbocycles. The normalized spacial score (nSPS) is 10.6. The number of H-pyrrole nitrogens is 1. The van der Waals surface area contributed by atoms with E-state index in [0.29, 0.717) is 5.69 Å². The molecule has 13 heavy (non-hydrogen) atoms. The lowest BCUT2D eigenvalue weighted by molar-refractivity contribution is 0.112. The first-order chi connectivity index (χ1) is 6.24. The Morgan fingerprint density at radius 1 is 1.31 bits per heavy atom. The Morgan fingerprint density at radius 3 is 2.69 bits per heavy atom. The number of nitrogens with zero attached hydrogens (tertiary/aromatic N) is 1. The lowest BCUT2D eigenvalue weighted by atomic mass is 10.1. The summed E-state index contributed by atoms with van der Waals surface area (Å²) in [5.41, 5.74) is 3.62. The van der Waals surface area contributed by atoms with Crippen molar-refractivity contribution in [2.45, 2.75) is 13.8 Å². The fraction of sp³-hybridized carbons (Fsp3) is 0.200. The number of nitrogens with one attached hydrogen (secondary N) is 1. The van der Waals surface area contributed by atoms with E-state index < -0.39 is 0 Å². The van der Waals surface area contributed by atoms with Crippen molar-refractivity contribution in [3.63, 3.8) is 0 Å². The van der Waals surface area contributed by atoms with Gasteiger partial charge in [-0.3, -0.25) is 9.89 Å². The predicted molar refractivity (Wildman–Crippen MR) is 51.0 cm³/mol. The van der Waals surface area contributed by atoms with E-state index in [1.165, 1.54) is 0 Å². The van der Waals surface area contributed by atoms with Crippen LogP contribution in [0.3, 0.4) is 0 Å². The SMILES string of the molecule is Cc1ccc(C)c2c(C=O)[nH]nc12. The molecule has 1 N–H and O–H groups in total. The predicted octanol–water partition coefficient (Wildman–Crippen LogP) is 1.99. The van der Waals surface area contributed by atoms with E-state index in [1.54, 1.807) is 0 Å².